The number of β-amino-alcohol motifs (C(OH)–C–C–N with tert-alkyl or cyclic N) is 1. The van der Waals surface area contributed by atoms with Crippen molar-refractivity contribution in [2.45, 2.75) is 31.4 Å². The molecule has 2 rings (SSSR count). The van der Waals surface area contributed by atoms with E-state index in [1.807, 2.05) is 0 Å². The number of rotatable bonds is 1. The topological polar surface area (TPSA) is 64.6 Å². The Kier molecular flexibility index (Phi) is 3.47. The zero-order chi connectivity index (χ0) is 11.6. The summed E-state index contributed by atoms with van der Waals surface area (Å²) in [5.74, 6) is 0.118. The van der Waals surface area contributed by atoms with Crippen LogP contribution in [0, 0.1) is 0 Å². The molecular formula is C11H21N3O2. The van der Waals surface area contributed by atoms with E-state index >= 15 is 0 Å². The number of likely N-dealkylation sites (tertiary alicyclic amines) is 1. The summed E-state index contributed by atoms with van der Waals surface area (Å²) >= 11 is 0. The lowest BCUT2D eigenvalue weighted by Gasteiger charge is -2.39. The van der Waals surface area contributed by atoms with Crippen LogP contribution in [0.3, 0.4) is 0 Å². The smallest absolute Gasteiger partial charge is 0.241 e. The van der Waals surface area contributed by atoms with Crippen molar-refractivity contribution in [1.82, 2.24) is 15.5 Å². The Morgan fingerprint density at radius 1 is 1.50 bits per heavy atom. The predicted molar refractivity (Wildman–Crippen MR) is 61.1 cm³/mol. The molecule has 5 nitrogen and oxygen atoms in total. The summed E-state index contributed by atoms with van der Waals surface area (Å²) < 4.78 is 0. The first-order valence-corrected chi connectivity index (χ1v) is 6.04. The van der Waals surface area contributed by atoms with E-state index in [0.29, 0.717) is 13.1 Å². The first-order chi connectivity index (χ1) is 7.58. The van der Waals surface area contributed by atoms with Crippen molar-refractivity contribution in [2.75, 3.05) is 32.7 Å². The number of hydrogen-bond donors (Lipinski definition) is 3. The van der Waals surface area contributed by atoms with Crippen molar-refractivity contribution >= 4 is 5.91 Å². The summed E-state index contributed by atoms with van der Waals surface area (Å²) in [6, 6.07) is -0.123. The summed E-state index contributed by atoms with van der Waals surface area (Å²) in [4.78, 5) is 13.9. The van der Waals surface area contributed by atoms with Crippen LogP contribution in [0.4, 0.5) is 0 Å². The third kappa shape index (κ3) is 2.72. The first kappa shape index (κ1) is 11.8. The van der Waals surface area contributed by atoms with Gasteiger partial charge in [-0.3, -0.25) is 4.79 Å². The fraction of sp³-hybridized carbons (Fsp3) is 0.909. The monoisotopic (exact) mass is 227 g/mol. The van der Waals surface area contributed by atoms with Gasteiger partial charge in [0.2, 0.25) is 5.91 Å². The summed E-state index contributed by atoms with van der Waals surface area (Å²) in [5, 5.41) is 16.4. The van der Waals surface area contributed by atoms with Crippen LogP contribution in [-0.2, 0) is 4.79 Å². The first-order valence-electron chi connectivity index (χ1n) is 6.04. The minimum absolute atomic E-state index is 0.118. The molecule has 0 aromatic rings. The van der Waals surface area contributed by atoms with Gasteiger partial charge in [-0.1, -0.05) is 0 Å². The molecule has 0 aromatic heterocycles. The van der Waals surface area contributed by atoms with Crippen LogP contribution in [0.2, 0.25) is 0 Å². The van der Waals surface area contributed by atoms with Gasteiger partial charge in [-0.2, -0.15) is 0 Å². The summed E-state index contributed by atoms with van der Waals surface area (Å²) in [6.07, 6.45) is 1.67. The van der Waals surface area contributed by atoms with E-state index in [-0.39, 0.29) is 11.9 Å². The van der Waals surface area contributed by atoms with E-state index in [1.165, 1.54) is 0 Å². The van der Waals surface area contributed by atoms with Gasteiger partial charge >= 0.3 is 0 Å². The highest BCUT2D eigenvalue weighted by Gasteiger charge is 2.34. The van der Waals surface area contributed by atoms with Gasteiger partial charge in [-0.15, -0.1) is 0 Å². The second kappa shape index (κ2) is 4.69. The number of piperazine rings is 1. The zero-order valence-electron chi connectivity index (χ0n) is 9.83. The lowest BCUT2D eigenvalue weighted by molar-refractivity contribution is -0.139. The molecule has 5 heteroatoms. The van der Waals surface area contributed by atoms with Crippen molar-refractivity contribution in [2.24, 2.45) is 0 Å². The molecule has 0 saturated carbocycles. The second-order valence-electron chi connectivity index (χ2n) is 5.07. The Bertz CT molecular complexity index is 262. The maximum atomic E-state index is 12.2. The minimum Gasteiger partial charge on any atom is -0.388 e. The molecule has 2 aliphatic heterocycles. The molecule has 0 aromatic carbocycles. The van der Waals surface area contributed by atoms with Crippen molar-refractivity contribution in [3.05, 3.63) is 0 Å². The Morgan fingerprint density at radius 2 is 2.31 bits per heavy atom. The number of nitrogens with one attached hydrogen (secondary N) is 2. The lowest BCUT2D eigenvalue weighted by atomic mass is 9.94. The van der Waals surface area contributed by atoms with Gasteiger partial charge in [0.25, 0.3) is 0 Å². The number of amides is 1. The highest BCUT2D eigenvalue weighted by molar-refractivity contribution is 5.82. The molecule has 2 unspecified atom stereocenters. The molecule has 1 amide bonds. The van der Waals surface area contributed by atoms with E-state index < -0.39 is 5.60 Å². The number of carbonyl (C=O) groups excluding carboxylic acids is 1. The molecule has 2 saturated heterocycles. The van der Waals surface area contributed by atoms with E-state index in [1.54, 1.807) is 11.8 Å². The Balaban J connectivity index is 1.93. The van der Waals surface area contributed by atoms with Gasteiger partial charge in [0.15, 0.2) is 0 Å². The predicted octanol–water partition coefficient (Wildman–Crippen LogP) is -1.08. The van der Waals surface area contributed by atoms with Gasteiger partial charge in [0, 0.05) is 32.7 Å². The average Bonchev–Trinajstić information content (AvgIpc) is 2.28. The van der Waals surface area contributed by atoms with Crippen LogP contribution >= 0.6 is 0 Å². The second-order valence-corrected chi connectivity index (χ2v) is 5.07. The SMILES string of the molecule is CC1(O)CCCN(C(=O)C2CNCCN2)C1. The van der Waals surface area contributed by atoms with Crippen LogP contribution in [0.1, 0.15) is 19.8 Å². The molecular weight excluding hydrogens is 206 g/mol. The van der Waals surface area contributed by atoms with Gasteiger partial charge in [0.1, 0.15) is 0 Å². The molecule has 0 bridgehead atoms. The molecule has 2 fully saturated rings. The van der Waals surface area contributed by atoms with Crippen LogP contribution in [0.15, 0.2) is 0 Å². The van der Waals surface area contributed by atoms with Crippen molar-refractivity contribution in [3.8, 4) is 0 Å². The molecule has 2 atom stereocenters. The molecule has 2 heterocycles. The molecule has 92 valence electrons. The Labute approximate surface area is 96.2 Å². The van der Waals surface area contributed by atoms with E-state index in [2.05, 4.69) is 10.6 Å². The van der Waals surface area contributed by atoms with Crippen molar-refractivity contribution < 1.29 is 9.90 Å². The molecule has 3 N–H and O–H groups in total. The minimum atomic E-state index is -0.712. The molecule has 16 heavy (non-hydrogen) atoms. The summed E-state index contributed by atoms with van der Waals surface area (Å²) in [5.41, 5.74) is -0.712. The number of hydrogen-bond acceptors (Lipinski definition) is 4. The molecule has 0 spiro atoms. The van der Waals surface area contributed by atoms with E-state index in [0.717, 1.165) is 32.5 Å². The fourth-order valence-corrected chi connectivity index (χ4v) is 2.46. The average molecular weight is 227 g/mol. The normalized spacial score (nSPS) is 36.1. The number of piperidine rings is 1. The highest BCUT2D eigenvalue weighted by atomic mass is 16.3. The third-order valence-corrected chi connectivity index (χ3v) is 3.33. The summed E-state index contributed by atoms with van der Waals surface area (Å²) in [7, 11) is 0. The quantitative estimate of drug-likeness (QED) is 0.533. The number of aliphatic hydroxyl groups is 1. The number of carbonyl (C=O) groups is 1. The van der Waals surface area contributed by atoms with Crippen molar-refractivity contribution in [1.29, 1.82) is 0 Å². The fourth-order valence-electron chi connectivity index (χ4n) is 2.46. The van der Waals surface area contributed by atoms with Crippen LogP contribution in [0.25, 0.3) is 0 Å². The Morgan fingerprint density at radius 3 is 2.94 bits per heavy atom. The molecule has 0 aliphatic carbocycles. The van der Waals surface area contributed by atoms with E-state index in [9.17, 15) is 9.90 Å². The summed E-state index contributed by atoms with van der Waals surface area (Å²) in [6.45, 7) is 5.48. The maximum Gasteiger partial charge on any atom is 0.241 e. The highest BCUT2D eigenvalue weighted by Crippen LogP contribution is 2.20. The number of nitrogens with zero attached hydrogens (tertiary/aromatic N) is 1. The van der Waals surface area contributed by atoms with Crippen LogP contribution in [0.5, 0.6) is 0 Å². The van der Waals surface area contributed by atoms with Gasteiger partial charge in [-0.05, 0) is 19.8 Å². The largest absolute Gasteiger partial charge is 0.388 e. The lowest BCUT2D eigenvalue weighted by Crippen LogP contribution is -2.59. The van der Waals surface area contributed by atoms with Gasteiger partial charge in [0.05, 0.1) is 11.6 Å². The van der Waals surface area contributed by atoms with Gasteiger partial charge in [-0.25, -0.2) is 0 Å². The molecule has 2 aliphatic rings. The van der Waals surface area contributed by atoms with Gasteiger partial charge < -0.3 is 20.6 Å². The van der Waals surface area contributed by atoms with Crippen LogP contribution in [-0.4, -0.2) is 60.3 Å². The van der Waals surface area contributed by atoms with Crippen LogP contribution < -0.4 is 10.6 Å². The third-order valence-electron chi connectivity index (χ3n) is 3.33. The maximum absolute atomic E-state index is 12.2. The van der Waals surface area contributed by atoms with E-state index in [4.69, 9.17) is 0 Å². The van der Waals surface area contributed by atoms with Crippen molar-refractivity contribution in [3.63, 3.8) is 0 Å². The zero-order valence-corrected chi connectivity index (χ0v) is 9.83. The Hall–Kier alpha value is -0.650. The molecule has 0 radical (unpaired) electrons. The standard InChI is InChI=1S/C11H21N3O2/c1-11(16)3-2-6-14(8-11)10(15)9-7-12-4-5-13-9/h9,12-13,16H,2-8H2,1H3.